The van der Waals surface area contributed by atoms with E-state index in [1.807, 2.05) is 36.1 Å². The molecule has 2 N–H and O–H groups in total. The predicted molar refractivity (Wildman–Crippen MR) is 113 cm³/mol. The standard InChI is InChI=1S/C21H23Cl2N3O2/c1-14(18-9-8-16(22)12-19(18)23)24-21(28)25-17-6-4-5-15(11-17)13-26-10-3-2-7-20(26)27/h4-6,8-9,11-12,14H,2-3,7,10,13H2,1H3,(H2,24,25,28). The molecule has 0 spiro atoms. The molecule has 148 valence electrons. The Labute approximate surface area is 175 Å². The number of hydrogen-bond donors (Lipinski definition) is 2. The number of halogens is 2. The van der Waals surface area contributed by atoms with Crippen molar-refractivity contribution >= 4 is 40.8 Å². The molecule has 28 heavy (non-hydrogen) atoms. The van der Waals surface area contributed by atoms with Crippen molar-refractivity contribution in [1.82, 2.24) is 10.2 Å². The lowest BCUT2D eigenvalue weighted by molar-refractivity contribution is -0.133. The molecule has 1 unspecified atom stereocenters. The van der Waals surface area contributed by atoms with E-state index in [2.05, 4.69) is 10.6 Å². The quantitative estimate of drug-likeness (QED) is 0.682. The highest BCUT2D eigenvalue weighted by molar-refractivity contribution is 6.35. The summed E-state index contributed by atoms with van der Waals surface area (Å²) in [7, 11) is 0. The molecule has 2 aromatic rings. The Morgan fingerprint density at radius 2 is 2.00 bits per heavy atom. The van der Waals surface area contributed by atoms with Crippen molar-refractivity contribution in [3.63, 3.8) is 0 Å². The Kier molecular flexibility index (Phi) is 6.81. The largest absolute Gasteiger partial charge is 0.338 e. The number of carbonyl (C=O) groups excluding carboxylic acids is 2. The Morgan fingerprint density at radius 3 is 2.75 bits per heavy atom. The molecule has 0 aliphatic carbocycles. The van der Waals surface area contributed by atoms with Crippen LogP contribution in [-0.2, 0) is 11.3 Å². The van der Waals surface area contributed by atoms with Crippen LogP contribution in [0.25, 0.3) is 0 Å². The summed E-state index contributed by atoms with van der Waals surface area (Å²) in [5.74, 6) is 0.191. The molecule has 1 atom stereocenters. The van der Waals surface area contributed by atoms with Crippen molar-refractivity contribution in [2.45, 2.75) is 38.8 Å². The summed E-state index contributed by atoms with van der Waals surface area (Å²) in [6, 6.07) is 12.1. The zero-order chi connectivity index (χ0) is 20.1. The maximum atomic E-state index is 12.4. The third kappa shape index (κ3) is 5.40. The molecule has 1 aliphatic rings. The molecule has 1 fully saturated rings. The Bertz CT molecular complexity index is 872. The smallest absolute Gasteiger partial charge is 0.319 e. The molecule has 1 aliphatic heterocycles. The molecule has 0 saturated carbocycles. The third-order valence-electron chi connectivity index (χ3n) is 4.76. The second-order valence-corrected chi connectivity index (χ2v) is 7.80. The molecule has 0 bridgehead atoms. The van der Waals surface area contributed by atoms with E-state index in [1.165, 1.54) is 0 Å². The van der Waals surface area contributed by atoms with Gasteiger partial charge in [-0.15, -0.1) is 0 Å². The number of anilines is 1. The second kappa shape index (κ2) is 9.30. The lowest BCUT2D eigenvalue weighted by Crippen LogP contribution is -2.34. The van der Waals surface area contributed by atoms with Crippen LogP contribution in [0, 0.1) is 0 Å². The van der Waals surface area contributed by atoms with Gasteiger partial charge in [0.05, 0.1) is 6.04 Å². The van der Waals surface area contributed by atoms with Crippen molar-refractivity contribution < 1.29 is 9.59 Å². The second-order valence-electron chi connectivity index (χ2n) is 6.96. The first kappa shape index (κ1) is 20.5. The molecule has 1 saturated heterocycles. The SMILES string of the molecule is CC(NC(=O)Nc1cccc(CN2CCCCC2=O)c1)c1ccc(Cl)cc1Cl. The summed E-state index contributed by atoms with van der Waals surface area (Å²) in [5.41, 5.74) is 2.45. The van der Waals surface area contributed by atoms with E-state index in [-0.39, 0.29) is 18.0 Å². The summed E-state index contributed by atoms with van der Waals surface area (Å²) >= 11 is 12.1. The van der Waals surface area contributed by atoms with Gasteiger partial charge in [0.2, 0.25) is 5.91 Å². The number of urea groups is 1. The van der Waals surface area contributed by atoms with Gasteiger partial charge in [-0.05, 0) is 55.2 Å². The zero-order valence-electron chi connectivity index (χ0n) is 15.7. The van der Waals surface area contributed by atoms with E-state index >= 15 is 0 Å². The number of benzene rings is 2. The topological polar surface area (TPSA) is 61.4 Å². The van der Waals surface area contributed by atoms with E-state index in [0.29, 0.717) is 28.7 Å². The molecule has 1 heterocycles. The van der Waals surface area contributed by atoms with Gasteiger partial charge in [0.15, 0.2) is 0 Å². The van der Waals surface area contributed by atoms with Gasteiger partial charge in [0.25, 0.3) is 0 Å². The number of hydrogen-bond acceptors (Lipinski definition) is 2. The van der Waals surface area contributed by atoms with Crippen LogP contribution >= 0.6 is 23.2 Å². The fourth-order valence-electron chi connectivity index (χ4n) is 3.29. The van der Waals surface area contributed by atoms with Crippen LogP contribution in [0.4, 0.5) is 10.5 Å². The first-order valence-electron chi connectivity index (χ1n) is 9.31. The highest BCUT2D eigenvalue weighted by Crippen LogP contribution is 2.26. The number of amides is 3. The van der Waals surface area contributed by atoms with Crippen LogP contribution in [-0.4, -0.2) is 23.4 Å². The molecule has 3 rings (SSSR count). The highest BCUT2D eigenvalue weighted by atomic mass is 35.5. The lowest BCUT2D eigenvalue weighted by atomic mass is 10.1. The average Bonchev–Trinajstić information content (AvgIpc) is 2.63. The number of likely N-dealkylation sites (tertiary alicyclic amines) is 1. The van der Waals surface area contributed by atoms with Crippen LogP contribution in [0.1, 0.15) is 43.4 Å². The van der Waals surface area contributed by atoms with Gasteiger partial charge in [0.1, 0.15) is 0 Å². The van der Waals surface area contributed by atoms with Crippen LogP contribution in [0.2, 0.25) is 10.0 Å². The van der Waals surface area contributed by atoms with Crippen molar-refractivity contribution in [3.05, 3.63) is 63.6 Å². The average molecular weight is 420 g/mol. The summed E-state index contributed by atoms with van der Waals surface area (Å²) in [5, 5.41) is 6.77. The van der Waals surface area contributed by atoms with Gasteiger partial charge in [-0.25, -0.2) is 4.79 Å². The lowest BCUT2D eigenvalue weighted by Gasteiger charge is -2.27. The van der Waals surface area contributed by atoms with Crippen LogP contribution in [0.3, 0.4) is 0 Å². The van der Waals surface area contributed by atoms with Crippen LogP contribution < -0.4 is 10.6 Å². The maximum Gasteiger partial charge on any atom is 0.319 e. The molecule has 2 aromatic carbocycles. The molecule has 3 amide bonds. The van der Waals surface area contributed by atoms with Crippen LogP contribution in [0.5, 0.6) is 0 Å². The Morgan fingerprint density at radius 1 is 1.18 bits per heavy atom. The van der Waals surface area contributed by atoms with Crippen LogP contribution in [0.15, 0.2) is 42.5 Å². The zero-order valence-corrected chi connectivity index (χ0v) is 17.2. The van der Waals surface area contributed by atoms with E-state index < -0.39 is 0 Å². The fourth-order valence-corrected chi connectivity index (χ4v) is 3.86. The van der Waals surface area contributed by atoms with Gasteiger partial charge < -0.3 is 15.5 Å². The van der Waals surface area contributed by atoms with Gasteiger partial charge in [-0.1, -0.05) is 41.4 Å². The van der Waals surface area contributed by atoms with E-state index in [0.717, 1.165) is 30.5 Å². The van der Waals surface area contributed by atoms with Crippen molar-refractivity contribution in [3.8, 4) is 0 Å². The van der Waals surface area contributed by atoms with Gasteiger partial charge >= 0.3 is 6.03 Å². The predicted octanol–water partition coefficient (Wildman–Crippen LogP) is 5.39. The fraction of sp³-hybridized carbons (Fsp3) is 0.333. The number of piperidine rings is 1. The maximum absolute atomic E-state index is 12.4. The van der Waals surface area contributed by atoms with E-state index in [4.69, 9.17) is 23.2 Å². The minimum atomic E-state index is -0.329. The monoisotopic (exact) mass is 419 g/mol. The molecule has 0 radical (unpaired) electrons. The summed E-state index contributed by atoms with van der Waals surface area (Å²) in [6.07, 6.45) is 2.62. The molecular weight excluding hydrogens is 397 g/mol. The first-order valence-corrected chi connectivity index (χ1v) is 10.1. The number of nitrogens with one attached hydrogen (secondary N) is 2. The number of carbonyl (C=O) groups is 2. The first-order chi connectivity index (χ1) is 13.4. The minimum absolute atomic E-state index is 0.191. The number of nitrogens with zero attached hydrogens (tertiary/aromatic N) is 1. The number of rotatable bonds is 5. The third-order valence-corrected chi connectivity index (χ3v) is 5.32. The molecule has 0 aromatic heterocycles. The molecule has 7 heteroatoms. The molecular formula is C21H23Cl2N3O2. The summed E-state index contributed by atoms with van der Waals surface area (Å²) in [4.78, 5) is 26.2. The summed E-state index contributed by atoms with van der Waals surface area (Å²) < 4.78 is 0. The van der Waals surface area contributed by atoms with Crippen molar-refractivity contribution in [1.29, 1.82) is 0 Å². The van der Waals surface area contributed by atoms with Gasteiger partial charge in [-0.3, -0.25) is 4.79 Å². The Balaban J connectivity index is 1.60. The van der Waals surface area contributed by atoms with E-state index in [1.54, 1.807) is 18.2 Å². The van der Waals surface area contributed by atoms with Gasteiger partial charge in [-0.2, -0.15) is 0 Å². The molecule has 5 nitrogen and oxygen atoms in total. The Hall–Kier alpha value is -2.24. The van der Waals surface area contributed by atoms with Crippen molar-refractivity contribution in [2.75, 3.05) is 11.9 Å². The normalized spacial score (nSPS) is 15.2. The minimum Gasteiger partial charge on any atom is -0.338 e. The highest BCUT2D eigenvalue weighted by Gasteiger charge is 2.18. The van der Waals surface area contributed by atoms with E-state index in [9.17, 15) is 9.59 Å². The van der Waals surface area contributed by atoms with Crippen molar-refractivity contribution in [2.24, 2.45) is 0 Å². The summed E-state index contributed by atoms with van der Waals surface area (Å²) in [6.45, 7) is 3.20. The van der Waals surface area contributed by atoms with Gasteiger partial charge in [0, 0.05) is 35.2 Å².